The van der Waals surface area contributed by atoms with Crippen LogP contribution in [-0.4, -0.2) is 106 Å². The summed E-state index contributed by atoms with van der Waals surface area (Å²) in [6, 6.07) is 0. The van der Waals surface area contributed by atoms with E-state index in [1.54, 1.807) is 6.92 Å². The Morgan fingerprint density at radius 1 is 0.677 bits per heavy atom. The molecule has 0 aromatic carbocycles. The highest BCUT2D eigenvalue weighted by Crippen LogP contribution is 2.33. The summed E-state index contributed by atoms with van der Waals surface area (Å²) in [7, 11) is 0. The van der Waals surface area contributed by atoms with Crippen LogP contribution in [0.1, 0.15) is 13.3 Å². The van der Waals surface area contributed by atoms with E-state index in [1.165, 1.54) is 0 Å². The van der Waals surface area contributed by atoms with Gasteiger partial charge in [0.1, 0.15) is 19.3 Å². The first-order valence-corrected chi connectivity index (χ1v) is 9.14. The summed E-state index contributed by atoms with van der Waals surface area (Å²) in [6.45, 7) is -4.22. The van der Waals surface area contributed by atoms with Crippen molar-refractivity contribution in [3.63, 3.8) is 0 Å². The van der Waals surface area contributed by atoms with Gasteiger partial charge >= 0.3 is 18.5 Å². The zero-order valence-electron chi connectivity index (χ0n) is 16.8. The van der Waals surface area contributed by atoms with Crippen molar-refractivity contribution in [1.82, 2.24) is 0 Å². The number of aliphatic hydroxyl groups excluding tert-OH is 3. The molecule has 9 nitrogen and oxygen atoms in total. The van der Waals surface area contributed by atoms with Crippen molar-refractivity contribution in [1.29, 1.82) is 0 Å². The highest BCUT2D eigenvalue weighted by atomic mass is 19.3. The third-order valence-electron chi connectivity index (χ3n) is 3.09. The van der Waals surface area contributed by atoms with Crippen molar-refractivity contribution in [2.45, 2.75) is 44.1 Å². The molecule has 188 valence electrons. The second-order valence-electron chi connectivity index (χ2n) is 6.10. The highest BCUT2D eigenvalue weighted by molar-refractivity contribution is 4.59. The summed E-state index contributed by atoms with van der Waals surface area (Å²) in [5.41, 5.74) is 0. The van der Waals surface area contributed by atoms with E-state index in [2.05, 4.69) is 23.7 Å². The molecule has 0 saturated heterocycles. The Balaban J connectivity index is 4.24. The van der Waals surface area contributed by atoms with E-state index in [0.717, 1.165) is 0 Å². The molecule has 0 aromatic heterocycles. The van der Waals surface area contributed by atoms with Crippen molar-refractivity contribution >= 4 is 0 Å². The lowest BCUT2D eigenvalue weighted by Crippen LogP contribution is -2.44. The third-order valence-corrected chi connectivity index (χ3v) is 3.09. The van der Waals surface area contributed by atoms with Crippen LogP contribution in [0.5, 0.6) is 0 Å². The molecule has 0 aromatic rings. The lowest BCUT2D eigenvalue weighted by molar-refractivity contribution is -0.518. The Bertz CT molecular complexity index is 459. The van der Waals surface area contributed by atoms with Gasteiger partial charge in [0.05, 0.1) is 52.4 Å². The number of alkyl halides is 6. The molecule has 0 saturated carbocycles. The second kappa shape index (κ2) is 15.1. The van der Waals surface area contributed by atoms with Crippen molar-refractivity contribution in [3.8, 4) is 0 Å². The van der Waals surface area contributed by atoms with Crippen LogP contribution in [0.4, 0.5) is 26.3 Å². The normalized spacial score (nSPS) is 15.3. The van der Waals surface area contributed by atoms with Crippen molar-refractivity contribution in [2.75, 3.05) is 59.5 Å². The highest BCUT2D eigenvalue weighted by Gasteiger charge is 2.52. The van der Waals surface area contributed by atoms with Crippen LogP contribution < -0.4 is 0 Å². The third kappa shape index (κ3) is 17.5. The maximum Gasteiger partial charge on any atom is 0.495 e. The molecule has 0 amide bonds. The topological polar surface area (TPSA) is 116 Å². The molecule has 31 heavy (non-hydrogen) atoms. The van der Waals surface area contributed by atoms with Gasteiger partial charge in [0.2, 0.25) is 0 Å². The van der Waals surface area contributed by atoms with E-state index in [-0.39, 0.29) is 33.0 Å². The summed E-state index contributed by atoms with van der Waals surface area (Å²) >= 11 is 0. The first-order valence-electron chi connectivity index (χ1n) is 9.14. The van der Waals surface area contributed by atoms with E-state index in [9.17, 15) is 36.6 Å². The summed E-state index contributed by atoms with van der Waals surface area (Å²) in [5, 5.41) is 26.9. The van der Waals surface area contributed by atoms with E-state index in [4.69, 9.17) is 9.84 Å². The Morgan fingerprint density at radius 3 is 1.68 bits per heavy atom. The van der Waals surface area contributed by atoms with Crippen LogP contribution in [0, 0.1) is 0 Å². The minimum atomic E-state index is -5.40. The number of hydrogen-bond donors (Lipinski definition) is 3. The summed E-state index contributed by atoms with van der Waals surface area (Å²) in [5.74, 6) is 0. The van der Waals surface area contributed by atoms with E-state index in [0.29, 0.717) is 6.42 Å². The predicted octanol–water partition coefficient (Wildman–Crippen LogP) is 0.946. The fourth-order valence-corrected chi connectivity index (χ4v) is 1.72. The average molecular weight is 478 g/mol. The van der Waals surface area contributed by atoms with Crippen LogP contribution >= 0.6 is 0 Å². The molecule has 0 aliphatic carbocycles. The van der Waals surface area contributed by atoms with Gasteiger partial charge in [-0.2, -0.15) is 17.6 Å². The molecular formula is C16H28F6O9. The smallest absolute Gasteiger partial charge is 0.394 e. The molecule has 0 heterocycles. The summed E-state index contributed by atoms with van der Waals surface area (Å²) in [4.78, 5) is 0. The van der Waals surface area contributed by atoms with Crippen LogP contribution in [0.25, 0.3) is 0 Å². The minimum absolute atomic E-state index is 0.0808. The lowest BCUT2D eigenvalue weighted by atomic mass is 10.3. The molecule has 0 bridgehead atoms. The summed E-state index contributed by atoms with van der Waals surface area (Å²) < 4.78 is 104. The van der Waals surface area contributed by atoms with Gasteiger partial charge in [-0.1, -0.05) is 6.92 Å². The molecule has 2 atom stereocenters. The van der Waals surface area contributed by atoms with Crippen molar-refractivity contribution < 1.29 is 70.1 Å². The molecule has 3 N–H and O–H groups in total. The first-order chi connectivity index (χ1) is 14.3. The molecule has 0 spiro atoms. The largest absolute Gasteiger partial charge is 0.495 e. The van der Waals surface area contributed by atoms with Crippen LogP contribution in [-0.2, 0) is 28.4 Å². The number of hydrogen-bond acceptors (Lipinski definition) is 9. The quantitative estimate of drug-likeness (QED) is 0.134. The molecule has 0 rings (SSSR count). The average Bonchev–Trinajstić information content (AvgIpc) is 2.62. The molecule has 0 radical (unpaired) electrons. The van der Waals surface area contributed by atoms with E-state index in [1.807, 2.05) is 0 Å². The zero-order chi connectivity index (χ0) is 24.0. The van der Waals surface area contributed by atoms with E-state index < -0.39 is 57.1 Å². The van der Waals surface area contributed by atoms with Gasteiger partial charge in [0, 0.05) is 0 Å². The Kier molecular flexibility index (Phi) is 14.7. The predicted molar refractivity (Wildman–Crippen MR) is 89.7 cm³/mol. The SMILES string of the molecule is CCC(O)COCCOCC(F)(F)OC(F)(F)OC(F)(F)COCC(O)COCCO. The number of ether oxygens (including phenoxy) is 6. The monoisotopic (exact) mass is 478 g/mol. The molecule has 0 fully saturated rings. The summed E-state index contributed by atoms with van der Waals surface area (Å²) in [6.07, 6.45) is -16.6. The fourth-order valence-electron chi connectivity index (χ4n) is 1.72. The molecule has 2 unspecified atom stereocenters. The molecular weight excluding hydrogens is 450 g/mol. The van der Waals surface area contributed by atoms with Gasteiger partial charge in [-0.25, -0.2) is 9.47 Å². The van der Waals surface area contributed by atoms with Crippen molar-refractivity contribution in [2.24, 2.45) is 0 Å². The minimum Gasteiger partial charge on any atom is -0.394 e. The number of halogens is 6. The Labute approximate surface area is 174 Å². The van der Waals surface area contributed by atoms with Gasteiger partial charge in [-0.05, 0) is 6.42 Å². The van der Waals surface area contributed by atoms with E-state index >= 15 is 0 Å². The van der Waals surface area contributed by atoms with Gasteiger partial charge < -0.3 is 34.3 Å². The molecule has 0 aliphatic rings. The van der Waals surface area contributed by atoms with Gasteiger partial charge in [-0.3, -0.25) is 0 Å². The van der Waals surface area contributed by atoms with Gasteiger partial charge in [0.25, 0.3) is 0 Å². The standard InChI is InChI=1S/C16H28F6O9/c1-2-12(24)7-27-5-6-28-10-14(17,18)30-16(21,22)31-15(19,20)11-29-9-13(25)8-26-4-3-23/h12-13,23-25H,2-11H2,1H3. The Hall–Kier alpha value is -0.780. The molecule has 0 aliphatic heterocycles. The Morgan fingerprint density at radius 2 is 1.13 bits per heavy atom. The van der Waals surface area contributed by atoms with Gasteiger partial charge in [0.15, 0.2) is 0 Å². The second-order valence-corrected chi connectivity index (χ2v) is 6.10. The number of rotatable bonds is 20. The van der Waals surface area contributed by atoms with Crippen LogP contribution in [0.3, 0.4) is 0 Å². The lowest BCUT2D eigenvalue weighted by Gasteiger charge is -2.26. The van der Waals surface area contributed by atoms with Gasteiger partial charge in [-0.15, -0.1) is 8.78 Å². The zero-order valence-corrected chi connectivity index (χ0v) is 16.8. The van der Waals surface area contributed by atoms with Crippen molar-refractivity contribution in [3.05, 3.63) is 0 Å². The van der Waals surface area contributed by atoms with Crippen LogP contribution in [0.2, 0.25) is 0 Å². The first kappa shape index (κ1) is 30.2. The maximum absolute atomic E-state index is 13.4. The van der Waals surface area contributed by atoms with Crippen LogP contribution in [0.15, 0.2) is 0 Å². The fraction of sp³-hybridized carbons (Fsp3) is 1.00. The number of aliphatic hydroxyl groups is 3. The molecule has 15 heteroatoms. The maximum atomic E-state index is 13.4.